The van der Waals surface area contributed by atoms with Crippen LogP contribution in [0.2, 0.25) is 5.15 Å². The quantitative estimate of drug-likeness (QED) is 0.361. The molecule has 0 aliphatic carbocycles. The summed E-state index contributed by atoms with van der Waals surface area (Å²) in [6, 6.07) is 7.09. The Balaban J connectivity index is 1.34. The highest BCUT2D eigenvalue weighted by atomic mass is 35.5. The van der Waals surface area contributed by atoms with Crippen LogP contribution in [0.5, 0.6) is 5.75 Å². The number of carbonyl (C=O) groups is 2. The number of methoxy groups -OCH3 is 1. The van der Waals surface area contributed by atoms with E-state index in [1.807, 2.05) is 13.0 Å². The molecule has 5 heterocycles. The zero-order chi connectivity index (χ0) is 27.0. The van der Waals surface area contributed by atoms with Gasteiger partial charge in [-0.1, -0.05) is 22.9 Å². The van der Waals surface area contributed by atoms with Gasteiger partial charge in [-0.05, 0) is 37.6 Å². The summed E-state index contributed by atoms with van der Waals surface area (Å²) in [5.74, 6) is -0.159. The van der Waals surface area contributed by atoms with Crippen molar-refractivity contribution in [2.24, 2.45) is 0 Å². The molecule has 0 fully saturated rings. The normalized spacial score (nSPS) is 12.1. The number of nitrogens with zero attached hydrogens (tertiary/aromatic N) is 6. The molecule has 0 bridgehead atoms. The van der Waals surface area contributed by atoms with E-state index in [1.54, 1.807) is 30.0 Å². The summed E-state index contributed by atoms with van der Waals surface area (Å²) < 4.78 is 5.43. The van der Waals surface area contributed by atoms with Crippen LogP contribution in [0.4, 0.5) is 5.13 Å². The molecule has 10 nitrogen and oxygen atoms in total. The number of rotatable bonds is 5. The monoisotopic (exact) mass is 545 g/mol. The van der Waals surface area contributed by atoms with E-state index in [4.69, 9.17) is 21.6 Å². The van der Waals surface area contributed by atoms with Crippen LogP contribution in [0.25, 0.3) is 11.1 Å². The molecule has 12 heteroatoms. The van der Waals surface area contributed by atoms with E-state index in [1.165, 1.54) is 37.0 Å². The van der Waals surface area contributed by atoms with Gasteiger partial charge in [0.1, 0.15) is 22.7 Å². The smallest absolute Gasteiger partial charge is 0.273 e. The summed E-state index contributed by atoms with van der Waals surface area (Å²) in [6.45, 7) is 4.24. The Morgan fingerprint density at radius 3 is 2.63 bits per heavy atom. The van der Waals surface area contributed by atoms with Crippen molar-refractivity contribution in [2.75, 3.05) is 12.4 Å². The third-order valence-electron chi connectivity index (χ3n) is 6.04. The van der Waals surface area contributed by atoms with Gasteiger partial charge >= 0.3 is 0 Å². The number of aryl methyl sites for hydroxylation is 2. The van der Waals surface area contributed by atoms with E-state index in [-0.39, 0.29) is 22.7 Å². The molecule has 38 heavy (non-hydrogen) atoms. The third kappa shape index (κ3) is 4.79. The summed E-state index contributed by atoms with van der Waals surface area (Å²) in [7, 11) is 1.52. The molecule has 1 aliphatic rings. The topological polar surface area (TPSA) is 134 Å². The molecule has 0 atom stereocenters. The van der Waals surface area contributed by atoms with Gasteiger partial charge in [0.15, 0.2) is 5.13 Å². The Labute approximate surface area is 226 Å². The van der Waals surface area contributed by atoms with Crippen molar-refractivity contribution >= 4 is 39.9 Å². The van der Waals surface area contributed by atoms with Gasteiger partial charge in [0.2, 0.25) is 0 Å². The average molecular weight is 546 g/mol. The lowest BCUT2D eigenvalue weighted by Gasteiger charge is -2.15. The van der Waals surface area contributed by atoms with E-state index in [2.05, 4.69) is 25.3 Å². The molecule has 4 aromatic rings. The predicted octanol–water partition coefficient (Wildman–Crippen LogP) is 4.55. The molecule has 0 saturated heterocycles. The maximum atomic E-state index is 13.3. The molecule has 5 rings (SSSR count). The second-order valence-electron chi connectivity index (χ2n) is 8.58. The van der Waals surface area contributed by atoms with Gasteiger partial charge in [0.25, 0.3) is 11.8 Å². The Morgan fingerprint density at radius 1 is 1.11 bits per heavy atom. The molecule has 0 spiro atoms. The Hall–Kier alpha value is -4.40. The van der Waals surface area contributed by atoms with E-state index in [9.17, 15) is 9.59 Å². The largest absolute Gasteiger partial charge is 0.494 e. The molecule has 4 aromatic heterocycles. The number of thiazole rings is 1. The summed E-state index contributed by atoms with van der Waals surface area (Å²) in [4.78, 5) is 45.8. The minimum atomic E-state index is -0.389. The van der Waals surface area contributed by atoms with E-state index in [0.29, 0.717) is 57.5 Å². The number of hydrogen-bond donors (Lipinski definition) is 1. The first-order valence-corrected chi connectivity index (χ1v) is 12.6. The van der Waals surface area contributed by atoms with E-state index in [0.717, 1.165) is 10.6 Å². The maximum absolute atomic E-state index is 13.3. The maximum Gasteiger partial charge on any atom is 0.273 e. The third-order valence-corrected chi connectivity index (χ3v) is 7.25. The fraction of sp³-hybridized carbons (Fsp3) is 0.192. The number of aromatic nitrogens is 4. The number of nitriles is 1. The number of nitrogens with one attached hydrogen (secondary N) is 1. The van der Waals surface area contributed by atoms with Gasteiger partial charge < -0.3 is 9.64 Å². The van der Waals surface area contributed by atoms with Crippen LogP contribution in [0.15, 0.2) is 36.8 Å². The highest BCUT2D eigenvalue weighted by Crippen LogP contribution is 2.35. The molecule has 0 saturated carbocycles. The van der Waals surface area contributed by atoms with Crippen molar-refractivity contribution in [2.45, 2.75) is 26.9 Å². The number of carbonyl (C=O) groups excluding carboxylic acids is 2. The van der Waals surface area contributed by atoms with Crippen molar-refractivity contribution < 1.29 is 14.3 Å². The summed E-state index contributed by atoms with van der Waals surface area (Å²) in [5, 5.41) is 12.6. The van der Waals surface area contributed by atoms with Crippen LogP contribution < -0.4 is 10.1 Å². The highest BCUT2D eigenvalue weighted by molar-refractivity contribution is 7.16. The van der Waals surface area contributed by atoms with Crippen LogP contribution >= 0.6 is 22.9 Å². The highest BCUT2D eigenvalue weighted by Gasteiger charge is 2.29. The second kappa shape index (κ2) is 10.2. The average Bonchev–Trinajstić information content (AvgIpc) is 3.46. The lowest BCUT2D eigenvalue weighted by atomic mass is 10.0. The van der Waals surface area contributed by atoms with Crippen molar-refractivity contribution in [3.05, 3.63) is 80.6 Å². The van der Waals surface area contributed by atoms with Crippen molar-refractivity contribution in [1.29, 1.82) is 5.26 Å². The Bertz CT molecular complexity index is 1620. The van der Waals surface area contributed by atoms with Crippen molar-refractivity contribution in [3.8, 4) is 22.9 Å². The first kappa shape index (κ1) is 25.3. The van der Waals surface area contributed by atoms with E-state index < -0.39 is 0 Å². The fourth-order valence-corrected chi connectivity index (χ4v) is 5.25. The fourth-order valence-electron chi connectivity index (χ4n) is 4.11. The number of anilines is 1. The number of amides is 2. The number of fused-ring (bicyclic) bond motifs is 1. The molecular formula is C26H20ClN7O3S. The number of ether oxygens (including phenoxy) is 1. The molecule has 0 unspecified atom stereocenters. The van der Waals surface area contributed by atoms with Gasteiger partial charge in [-0.3, -0.25) is 19.9 Å². The lowest BCUT2D eigenvalue weighted by molar-refractivity contribution is 0.0744. The van der Waals surface area contributed by atoms with Crippen molar-refractivity contribution in [3.63, 3.8) is 0 Å². The van der Waals surface area contributed by atoms with Gasteiger partial charge in [0.05, 0.1) is 48.1 Å². The first-order chi connectivity index (χ1) is 18.3. The lowest BCUT2D eigenvalue weighted by Crippen LogP contribution is -2.26. The SMILES string of the molecule is COc1cnc(Cl)cc1-c1cc(C)ncc1C(=O)Nc1nc2c(s1)CN(C(=O)c1cc(C)c(C#N)cn1)C2. The summed E-state index contributed by atoms with van der Waals surface area (Å²) in [5.41, 5.74) is 4.38. The Kier molecular flexibility index (Phi) is 6.75. The summed E-state index contributed by atoms with van der Waals surface area (Å²) >= 11 is 7.44. The van der Waals surface area contributed by atoms with Gasteiger partial charge in [-0.25, -0.2) is 15.0 Å². The molecule has 1 aliphatic heterocycles. The van der Waals surface area contributed by atoms with Crippen LogP contribution in [0.3, 0.4) is 0 Å². The molecule has 1 N–H and O–H groups in total. The molecule has 0 radical (unpaired) electrons. The standard InChI is InChI=1S/C26H20ClN7O3S/c1-13-4-19(30-8-15(13)7-28)25(36)34-11-20-22(12-34)38-26(32-20)33-24(35)18-9-29-14(2)5-16(18)17-6-23(27)31-10-21(17)37-3/h4-6,8-10H,11-12H2,1-3H3,(H,32,33,35). The van der Waals surface area contributed by atoms with Crippen LogP contribution in [-0.4, -0.2) is 43.8 Å². The Morgan fingerprint density at radius 2 is 1.92 bits per heavy atom. The van der Waals surface area contributed by atoms with Crippen LogP contribution in [-0.2, 0) is 13.1 Å². The predicted molar refractivity (Wildman–Crippen MR) is 141 cm³/mol. The number of pyridine rings is 3. The first-order valence-electron chi connectivity index (χ1n) is 11.4. The van der Waals surface area contributed by atoms with Gasteiger partial charge in [-0.2, -0.15) is 5.26 Å². The second-order valence-corrected chi connectivity index (χ2v) is 10.0. The minimum Gasteiger partial charge on any atom is -0.494 e. The van der Waals surface area contributed by atoms with Crippen LogP contribution in [0, 0.1) is 25.2 Å². The zero-order valence-corrected chi connectivity index (χ0v) is 22.1. The van der Waals surface area contributed by atoms with E-state index >= 15 is 0 Å². The van der Waals surface area contributed by atoms with Crippen molar-refractivity contribution in [1.82, 2.24) is 24.8 Å². The molecule has 2 amide bonds. The van der Waals surface area contributed by atoms with Gasteiger partial charge in [0, 0.05) is 29.2 Å². The molecule has 0 aromatic carbocycles. The number of hydrogen-bond acceptors (Lipinski definition) is 9. The molecular weight excluding hydrogens is 526 g/mol. The molecule has 190 valence electrons. The minimum absolute atomic E-state index is 0.242. The van der Waals surface area contributed by atoms with Crippen LogP contribution in [0.1, 0.15) is 48.2 Å². The summed E-state index contributed by atoms with van der Waals surface area (Å²) in [6.07, 6.45) is 4.41. The van der Waals surface area contributed by atoms with Gasteiger partial charge in [-0.15, -0.1) is 0 Å². The zero-order valence-electron chi connectivity index (χ0n) is 20.6. The number of halogens is 1.